The highest BCUT2D eigenvalue weighted by molar-refractivity contribution is 6.45. The molecular weight excluding hydrogens is 449 g/mol. The molecule has 1 fully saturated rings. The summed E-state index contributed by atoms with van der Waals surface area (Å²) in [5.41, 5.74) is 1.40. The zero-order valence-electron chi connectivity index (χ0n) is 20.0. The second-order valence-corrected chi connectivity index (χ2v) is 8.80. The fraction of sp³-hybridized carbons (Fsp3) is 0.308. The number of aromatic nitrogens is 1. The zero-order chi connectivity index (χ0) is 25.1. The molecule has 4 rings (SSSR count). The fourth-order valence-corrected chi connectivity index (χ4v) is 4.23. The van der Waals surface area contributed by atoms with E-state index in [2.05, 4.69) is 10.3 Å². The number of ketones is 1. The Balaban J connectivity index is 1.51. The van der Waals surface area contributed by atoms with E-state index in [-0.39, 0.29) is 30.1 Å². The number of piperazine rings is 1. The molecule has 0 saturated carbocycles. The van der Waals surface area contributed by atoms with Crippen molar-refractivity contribution in [3.63, 3.8) is 0 Å². The van der Waals surface area contributed by atoms with Crippen LogP contribution in [0.2, 0.25) is 0 Å². The number of amidine groups is 1. The minimum Gasteiger partial charge on any atom is -0.352 e. The molecule has 1 aliphatic rings. The van der Waals surface area contributed by atoms with Crippen LogP contribution in [-0.4, -0.2) is 70.1 Å². The van der Waals surface area contributed by atoms with Crippen molar-refractivity contribution in [3.8, 4) is 0 Å². The molecule has 1 aliphatic heterocycles. The number of fused-ring (bicyclic) bond motifs is 1. The van der Waals surface area contributed by atoms with Crippen molar-refractivity contribution in [2.45, 2.75) is 19.9 Å². The number of halogens is 1. The van der Waals surface area contributed by atoms with Gasteiger partial charge in [0, 0.05) is 56.4 Å². The average Bonchev–Trinajstić information content (AvgIpc) is 3.19. The Morgan fingerprint density at radius 2 is 1.60 bits per heavy atom. The topological polar surface area (TPSA) is 87.0 Å². The number of hydrogen-bond acceptors (Lipinski definition) is 3. The summed E-state index contributed by atoms with van der Waals surface area (Å²) in [6.07, 6.45) is 1.50. The third kappa shape index (κ3) is 5.08. The Bertz CT molecular complexity index is 1290. The molecule has 0 aliphatic carbocycles. The van der Waals surface area contributed by atoms with Gasteiger partial charge in [-0.25, -0.2) is 9.18 Å². The molecule has 0 radical (unpaired) electrons. The predicted octanol–water partition coefficient (Wildman–Crippen LogP) is 3.21. The number of benzene rings is 2. The van der Waals surface area contributed by atoms with E-state index < -0.39 is 23.5 Å². The Morgan fingerprint density at radius 1 is 0.943 bits per heavy atom. The van der Waals surface area contributed by atoms with Crippen LogP contribution in [0.1, 0.15) is 29.8 Å². The highest BCUT2D eigenvalue weighted by Crippen LogP contribution is 2.25. The van der Waals surface area contributed by atoms with Crippen LogP contribution in [0.3, 0.4) is 0 Å². The van der Waals surface area contributed by atoms with Crippen molar-refractivity contribution in [1.82, 2.24) is 19.7 Å². The minimum atomic E-state index is -0.734. The molecule has 2 heterocycles. The van der Waals surface area contributed by atoms with Crippen molar-refractivity contribution in [3.05, 3.63) is 71.7 Å². The highest BCUT2D eigenvalue weighted by Gasteiger charge is 2.30. The van der Waals surface area contributed by atoms with Crippen molar-refractivity contribution in [2.24, 2.45) is 12.0 Å². The lowest BCUT2D eigenvalue weighted by Crippen LogP contribution is -2.52. The molecule has 1 aromatic heterocycles. The van der Waals surface area contributed by atoms with Gasteiger partial charge in [0.05, 0.1) is 11.1 Å². The van der Waals surface area contributed by atoms with E-state index in [4.69, 9.17) is 0 Å². The van der Waals surface area contributed by atoms with Crippen LogP contribution in [0, 0.1) is 5.82 Å². The average molecular weight is 478 g/mol. The fourth-order valence-electron chi connectivity index (χ4n) is 4.23. The van der Waals surface area contributed by atoms with Gasteiger partial charge < -0.3 is 19.7 Å². The van der Waals surface area contributed by atoms with Gasteiger partial charge >= 0.3 is 6.03 Å². The number of amides is 3. The molecule has 0 unspecified atom stereocenters. The Labute approximate surface area is 203 Å². The first kappa shape index (κ1) is 24.1. The predicted molar refractivity (Wildman–Crippen MR) is 132 cm³/mol. The van der Waals surface area contributed by atoms with Gasteiger partial charge in [0.15, 0.2) is 0 Å². The lowest BCUT2D eigenvalue weighted by Gasteiger charge is -2.36. The Morgan fingerprint density at radius 3 is 2.26 bits per heavy atom. The summed E-state index contributed by atoms with van der Waals surface area (Å²) in [4.78, 5) is 46.1. The van der Waals surface area contributed by atoms with Crippen LogP contribution in [0.25, 0.3) is 10.9 Å². The van der Waals surface area contributed by atoms with Gasteiger partial charge in [0.25, 0.3) is 11.7 Å². The molecule has 182 valence electrons. The van der Waals surface area contributed by atoms with Crippen LogP contribution in [0.15, 0.2) is 59.7 Å². The van der Waals surface area contributed by atoms with E-state index in [1.54, 1.807) is 23.7 Å². The van der Waals surface area contributed by atoms with Crippen LogP contribution >= 0.6 is 0 Å². The normalized spacial score (nSPS) is 14.5. The first-order valence-electron chi connectivity index (χ1n) is 11.5. The van der Waals surface area contributed by atoms with Crippen LogP contribution in [-0.2, 0) is 11.8 Å². The largest absolute Gasteiger partial charge is 0.352 e. The van der Waals surface area contributed by atoms with Gasteiger partial charge in [-0.05, 0) is 26.0 Å². The van der Waals surface area contributed by atoms with Gasteiger partial charge in [-0.2, -0.15) is 4.99 Å². The summed E-state index contributed by atoms with van der Waals surface area (Å²) in [7, 11) is 1.71. The van der Waals surface area contributed by atoms with Crippen molar-refractivity contribution in [1.29, 1.82) is 0 Å². The zero-order valence-corrected chi connectivity index (χ0v) is 20.0. The second-order valence-electron chi connectivity index (χ2n) is 8.80. The Kier molecular flexibility index (Phi) is 6.95. The number of Topliss-reactive ketones (excluding diaryl/α,β-unsaturated/α-hetero) is 1. The molecule has 35 heavy (non-hydrogen) atoms. The number of urea groups is 1. The van der Waals surface area contributed by atoms with Crippen LogP contribution in [0.4, 0.5) is 9.18 Å². The molecule has 2 aromatic carbocycles. The van der Waals surface area contributed by atoms with E-state index in [1.807, 2.05) is 49.1 Å². The number of carbonyl (C=O) groups is 3. The maximum Gasteiger partial charge on any atom is 0.343 e. The van der Waals surface area contributed by atoms with Gasteiger partial charge in [0.2, 0.25) is 0 Å². The highest BCUT2D eigenvalue weighted by atomic mass is 19.1. The third-order valence-corrected chi connectivity index (χ3v) is 5.92. The molecule has 1 N–H and O–H groups in total. The van der Waals surface area contributed by atoms with Crippen LogP contribution < -0.4 is 5.32 Å². The molecule has 1 saturated heterocycles. The molecule has 3 amide bonds. The van der Waals surface area contributed by atoms with E-state index >= 15 is 0 Å². The monoisotopic (exact) mass is 477 g/mol. The molecule has 9 heteroatoms. The molecular formula is C26H28FN5O3. The lowest BCUT2D eigenvalue weighted by molar-refractivity contribution is -0.127. The van der Waals surface area contributed by atoms with Gasteiger partial charge in [-0.3, -0.25) is 9.59 Å². The number of nitrogens with one attached hydrogen (secondary N) is 1. The number of aryl methyl sites for hydroxylation is 1. The molecule has 8 nitrogen and oxygen atoms in total. The number of aliphatic imine (C=N–C) groups is 1. The van der Waals surface area contributed by atoms with Gasteiger partial charge in [0.1, 0.15) is 11.7 Å². The maximum atomic E-state index is 14.5. The summed E-state index contributed by atoms with van der Waals surface area (Å²) >= 11 is 0. The van der Waals surface area contributed by atoms with E-state index in [1.165, 1.54) is 17.2 Å². The summed E-state index contributed by atoms with van der Waals surface area (Å²) in [6, 6.07) is 13.4. The van der Waals surface area contributed by atoms with E-state index in [0.717, 1.165) is 5.56 Å². The molecule has 3 aromatic rings. The lowest BCUT2D eigenvalue weighted by atomic mass is 10.1. The first-order valence-corrected chi connectivity index (χ1v) is 11.5. The first-order chi connectivity index (χ1) is 16.8. The van der Waals surface area contributed by atoms with Crippen LogP contribution in [0.5, 0.6) is 0 Å². The quantitative estimate of drug-likeness (QED) is 0.271. The van der Waals surface area contributed by atoms with Crippen molar-refractivity contribution >= 4 is 34.5 Å². The maximum absolute atomic E-state index is 14.5. The number of rotatable bonds is 4. The van der Waals surface area contributed by atoms with Crippen molar-refractivity contribution < 1.29 is 18.8 Å². The smallest absolute Gasteiger partial charge is 0.343 e. The SMILES string of the molecule is CC(C)NC(=O)N=C(c1ccccc1)N1CCN(C(=O)C(=O)c2cn(C)c3cccc(F)c23)CC1. The summed E-state index contributed by atoms with van der Waals surface area (Å²) in [5, 5.41) is 2.92. The number of carbonyl (C=O) groups excluding carboxylic acids is 3. The van der Waals surface area contributed by atoms with E-state index in [9.17, 15) is 18.8 Å². The van der Waals surface area contributed by atoms with Crippen molar-refractivity contribution in [2.75, 3.05) is 26.2 Å². The second kappa shape index (κ2) is 10.1. The molecule has 0 atom stereocenters. The Hall–Kier alpha value is -4.01. The van der Waals surface area contributed by atoms with Gasteiger partial charge in [-0.1, -0.05) is 36.4 Å². The minimum absolute atomic E-state index is 0.0531. The summed E-state index contributed by atoms with van der Waals surface area (Å²) in [6.45, 7) is 5.06. The molecule has 0 bridgehead atoms. The number of nitrogens with zero attached hydrogens (tertiary/aromatic N) is 4. The standard InChI is InChI=1S/C26H28FN5O3/c1-17(2)28-26(35)29-24(18-8-5-4-6-9-18)31-12-14-32(15-13-31)25(34)23(33)19-16-30(3)21-11-7-10-20(27)22(19)21/h4-11,16-17H,12-15H2,1-3H3,(H,28,35). The third-order valence-electron chi connectivity index (χ3n) is 5.92. The molecule has 0 spiro atoms. The number of hydrogen-bond donors (Lipinski definition) is 1. The summed E-state index contributed by atoms with van der Waals surface area (Å²) < 4.78 is 16.1. The van der Waals surface area contributed by atoms with Gasteiger partial charge in [-0.15, -0.1) is 0 Å². The summed E-state index contributed by atoms with van der Waals surface area (Å²) in [5.74, 6) is -1.43. The van der Waals surface area contributed by atoms with E-state index in [0.29, 0.717) is 24.4 Å².